The minimum absolute atomic E-state index is 0.137. The molecule has 0 bridgehead atoms. The van der Waals surface area contributed by atoms with Gasteiger partial charge < -0.3 is 10.1 Å². The molecule has 0 atom stereocenters. The van der Waals surface area contributed by atoms with Gasteiger partial charge in [-0.1, -0.05) is 35.9 Å². The Labute approximate surface area is 144 Å². The molecule has 0 unspecified atom stereocenters. The Morgan fingerprint density at radius 3 is 2.54 bits per heavy atom. The zero-order chi connectivity index (χ0) is 17.4. The van der Waals surface area contributed by atoms with Crippen LogP contribution in [0.5, 0.6) is 5.75 Å². The normalized spacial score (nSPS) is 10.4. The van der Waals surface area contributed by atoms with Crippen LogP contribution in [0.2, 0.25) is 5.02 Å². The quantitative estimate of drug-likeness (QED) is 0.624. The SMILES string of the molecule is CC(=O)Nc1ccc(/C=N/NC(=O)COc2ccccc2Cl)cc1. The first-order valence-electron chi connectivity index (χ1n) is 7.11. The van der Waals surface area contributed by atoms with Gasteiger partial charge in [-0.3, -0.25) is 9.59 Å². The number of hydrogen-bond acceptors (Lipinski definition) is 4. The zero-order valence-corrected chi connectivity index (χ0v) is 13.7. The Kier molecular flexibility index (Phi) is 6.33. The summed E-state index contributed by atoms with van der Waals surface area (Å²) < 4.78 is 5.30. The molecule has 7 heteroatoms. The molecule has 2 aromatic rings. The lowest BCUT2D eigenvalue weighted by molar-refractivity contribution is -0.123. The van der Waals surface area contributed by atoms with E-state index >= 15 is 0 Å². The standard InChI is InChI=1S/C17H16ClN3O3/c1-12(22)20-14-8-6-13(7-9-14)10-19-21-17(23)11-24-16-5-3-2-4-15(16)18/h2-10H,11H2,1H3,(H,20,22)(H,21,23)/b19-10+. The molecule has 24 heavy (non-hydrogen) atoms. The molecule has 6 nitrogen and oxygen atoms in total. The third-order valence-corrected chi connectivity index (χ3v) is 3.14. The Morgan fingerprint density at radius 2 is 1.88 bits per heavy atom. The van der Waals surface area contributed by atoms with Gasteiger partial charge in [-0.15, -0.1) is 0 Å². The fourth-order valence-electron chi connectivity index (χ4n) is 1.77. The number of hydrazone groups is 1. The van der Waals surface area contributed by atoms with E-state index in [1.165, 1.54) is 13.1 Å². The van der Waals surface area contributed by atoms with Crippen molar-refractivity contribution in [2.45, 2.75) is 6.92 Å². The number of nitrogens with zero attached hydrogens (tertiary/aromatic N) is 1. The van der Waals surface area contributed by atoms with Crippen molar-refractivity contribution >= 4 is 35.3 Å². The molecule has 2 aromatic carbocycles. The van der Waals surface area contributed by atoms with E-state index in [4.69, 9.17) is 16.3 Å². The van der Waals surface area contributed by atoms with E-state index in [1.807, 2.05) is 0 Å². The van der Waals surface area contributed by atoms with Crippen molar-refractivity contribution in [3.8, 4) is 5.75 Å². The highest BCUT2D eigenvalue weighted by Crippen LogP contribution is 2.22. The third-order valence-electron chi connectivity index (χ3n) is 2.83. The minimum atomic E-state index is -0.402. The Bertz CT molecular complexity index is 745. The second kappa shape index (κ2) is 8.69. The van der Waals surface area contributed by atoms with E-state index in [-0.39, 0.29) is 12.5 Å². The largest absolute Gasteiger partial charge is 0.482 e. The fourth-order valence-corrected chi connectivity index (χ4v) is 1.96. The van der Waals surface area contributed by atoms with Crippen molar-refractivity contribution < 1.29 is 14.3 Å². The van der Waals surface area contributed by atoms with Crippen LogP contribution in [0.3, 0.4) is 0 Å². The topological polar surface area (TPSA) is 79.8 Å². The Hall–Kier alpha value is -2.86. The number of benzene rings is 2. The van der Waals surface area contributed by atoms with Crippen LogP contribution in [0.15, 0.2) is 53.6 Å². The van der Waals surface area contributed by atoms with Gasteiger partial charge in [0.25, 0.3) is 5.91 Å². The van der Waals surface area contributed by atoms with Crippen molar-refractivity contribution in [1.82, 2.24) is 5.43 Å². The molecule has 0 aliphatic rings. The van der Waals surface area contributed by atoms with Crippen molar-refractivity contribution in [3.05, 3.63) is 59.1 Å². The van der Waals surface area contributed by atoms with Crippen LogP contribution in [0, 0.1) is 0 Å². The molecule has 0 aliphatic heterocycles. The van der Waals surface area contributed by atoms with Gasteiger partial charge in [-0.05, 0) is 29.8 Å². The smallest absolute Gasteiger partial charge is 0.277 e. The zero-order valence-electron chi connectivity index (χ0n) is 13.0. The van der Waals surface area contributed by atoms with Gasteiger partial charge in [0.1, 0.15) is 5.75 Å². The van der Waals surface area contributed by atoms with Crippen LogP contribution in [0.1, 0.15) is 12.5 Å². The van der Waals surface area contributed by atoms with Crippen LogP contribution >= 0.6 is 11.6 Å². The number of nitrogens with one attached hydrogen (secondary N) is 2. The summed E-state index contributed by atoms with van der Waals surface area (Å²) in [5.41, 5.74) is 3.83. The predicted molar refractivity (Wildman–Crippen MR) is 93.4 cm³/mol. The van der Waals surface area contributed by atoms with Crippen LogP contribution in [-0.2, 0) is 9.59 Å². The highest BCUT2D eigenvalue weighted by atomic mass is 35.5. The van der Waals surface area contributed by atoms with Gasteiger partial charge in [-0.25, -0.2) is 5.43 Å². The molecule has 0 radical (unpaired) electrons. The summed E-state index contributed by atoms with van der Waals surface area (Å²) in [5.74, 6) is -0.102. The molecule has 0 aliphatic carbocycles. The lowest BCUT2D eigenvalue weighted by Gasteiger charge is -2.06. The molecular formula is C17H16ClN3O3. The van der Waals surface area contributed by atoms with Gasteiger partial charge >= 0.3 is 0 Å². The lowest BCUT2D eigenvalue weighted by Crippen LogP contribution is -2.24. The minimum Gasteiger partial charge on any atom is -0.482 e. The highest BCUT2D eigenvalue weighted by Gasteiger charge is 2.04. The molecule has 2 N–H and O–H groups in total. The van der Waals surface area contributed by atoms with Crippen LogP contribution in [0.4, 0.5) is 5.69 Å². The van der Waals surface area contributed by atoms with Gasteiger partial charge in [0.05, 0.1) is 11.2 Å². The van der Waals surface area contributed by atoms with Gasteiger partial charge in [0.15, 0.2) is 6.61 Å². The number of anilines is 1. The summed E-state index contributed by atoms with van der Waals surface area (Å²) in [6, 6.07) is 13.9. The first kappa shape index (κ1) is 17.5. The van der Waals surface area contributed by atoms with Gasteiger partial charge in [-0.2, -0.15) is 5.10 Å². The number of hydrogen-bond donors (Lipinski definition) is 2. The number of ether oxygens (including phenoxy) is 1. The number of rotatable bonds is 6. The van der Waals surface area contributed by atoms with Crippen molar-refractivity contribution in [3.63, 3.8) is 0 Å². The Balaban J connectivity index is 1.79. The summed E-state index contributed by atoms with van der Waals surface area (Å²) >= 11 is 5.92. The molecule has 0 saturated carbocycles. The van der Waals surface area contributed by atoms with Crippen molar-refractivity contribution in [1.29, 1.82) is 0 Å². The van der Waals surface area contributed by atoms with Gasteiger partial charge in [0.2, 0.25) is 5.91 Å². The highest BCUT2D eigenvalue weighted by molar-refractivity contribution is 6.32. The maximum atomic E-state index is 11.7. The second-order valence-electron chi connectivity index (χ2n) is 4.82. The van der Waals surface area contributed by atoms with Crippen LogP contribution in [-0.4, -0.2) is 24.6 Å². The number of carbonyl (C=O) groups is 2. The molecule has 124 valence electrons. The van der Waals surface area contributed by atoms with Crippen molar-refractivity contribution in [2.24, 2.45) is 5.10 Å². The van der Waals surface area contributed by atoms with Gasteiger partial charge in [0, 0.05) is 12.6 Å². The lowest BCUT2D eigenvalue weighted by atomic mass is 10.2. The fraction of sp³-hybridized carbons (Fsp3) is 0.118. The first-order valence-corrected chi connectivity index (χ1v) is 7.49. The first-order chi connectivity index (χ1) is 11.5. The number of halogens is 1. The number of carbonyl (C=O) groups excluding carboxylic acids is 2. The summed E-state index contributed by atoms with van der Waals surface area (Å²) in [6.07, 6.45) is 1.49. The Morgan fingerprint density at radius 1 is 1.17 bits per heavy atom. The summed E-state index contributed by atoms with van der Waals surface area (Å²) in [6.45, 7) is 1.25. The third kappa shape index (κ3) is 5.73. The molecule has 2 rings (SSSR count). The molecule has 0 heterocycles. The molecule has 0 aromatic heterocycles. The average Bonchev–Trinajstić information content (AvgIpc) is 2.55. The number of amides is 2. The van der Waals surface area contributed by atoms with E-state index in [0.717, 1.165) is 5.56 Å². The van der Waals surface area contributed by atoms with E-state index in [2.05, 4.69) is 15.8 Å². The maximum absolute atomic E-state index is 11.7. The summed E-state index contributed by atoms with van der Waals surface area (Å²) in [4.78, 5) is 22.6. The monoisotopic (exact) mass is 345 g/mol. The van der Waals surface area contributed by atoms with E-state index in [9.17, 15) is 9.59 Å². The molecule has 2 amide bonds. The second-order valence-corrected chi connectivity index (χ2v) is 5.22. The maximum Gasteiger partial charge on any atom is 0.277 e. The van der Waals surface area contributed by atoms with Crippen molar-refractivity contribution in [2.75, 3.05) is 11.9 Å². The molecule has 0 spiro atoms. The predicted octanol–water partition coefficient (Wildman–Crippen LogP) is 2.83. The summed E-state index contributed by atoms with van der Waals surface area (Å²) in [5, 5.41) is 6.94. The van der Waals surface area contributed by atoms with Crippen LogP contribution in [0.25, 0.3) is 0 Å². The van der Waals surface area contributed by atoms with E-state index in [0.29, 0.717) is 16.5 Å². The summed E-state index contributed by atoms with van der Waals surface area (Å²) in [7, 11) is 0. The van der Waals surface area contributed by atoms with Crippen LogP contribution < -0.4 is 15.5 Å². The van der Waals surface area contributed by atoms with E-state index < -0.39 is 5.91 Å². The molecular weight excluding hydrogens is 330 g/mol. The molecule has 0 fully saturated rings. The number of para-hydroxylation sites is 1. The molecule has 0 saturated heterocycles. The average molecular weight is 346 g/mol. The van der Waals surface area contributed by atoms with E-state index in [1.54, 1.807) is 48.5 Å².